The summed E-state index contributed by atoms with van der Waals surface area (Å²) in [6, 6.07) is 12.4. The van der Waals surface area contributed by atoms with Crippen molar-refractivity contribution in [2.75, 3.05) is 12.4 Å². The number of rotatable bonds is 7. The van der Waals surface area contributed by atoms with Crippen LogP contribution in [0.2, 0.25) is 5.02 Å². The molecule has 0 aliphatic heterocycles. The molecule has 1 amide bonds. The molecule has 0 saturated carbocycles. The van der Waals surface area contributed by atoms with Crippen molar-refractivity contribution in [2.24, 2.45) is 0 Å². The Kier molecular flexibility index (Phi) is 7.00. The number of aromatic nitrogens is 5. The number of methoxy groups -OCH3 is 1. The predicted molar refractivity (Wildman–Crippen MR) is 140 cm³/mol. The molecule has 0 spiro atoms. The number of carbonyl (C=O) groups excluding carboxylic acids is 1. The van der Waals surface area contributed by atoms with Gasteiger partial charge in [-0.05, 0) is 56.3 Å². The average Bonchev–Trinajstić information content (AvgIpc) is 3.46. The smallest absolute Gasteiger partial charge is 0.280 e. The summed E-state index contributed by atoms with van der Waals surface area (Å²) in [7, 11) is 1.52. The maximum absolute atomic E-state index is 14.3. The van der Waals surface area contributed by atoms with Gasteiger partial charge >= 0.3 is 0 Å². The number of nitrogens with zero attached hydrogens (tertiary/aromatic N) is 5. The third kappa shape index (κ3) is 4.92. The number of nitrogens with one attached hydrogen (secondary N) is 1. The summed E-state index contributed by atoms with van der Waals surface area (Å²) < 4.78 is 49.9. The highest BCUT2D eigenvalue weighted by molar-refractivity contribution is 6.31. The normalized spacial score (nSPS) is 11.4. The van der Waals surface area contributed by atoms with Crippen LogP contribution in [0.25, 0.3) is 16.9 Å². The Hall–Kier alpha value is -4.38. The summed E-state index contributed by atoms with van der Waals surface area (Å²) >= 11 is 6.17. The Morgan fingerprint density at radius 3 is 2.56 bits per heavy atom. The van der Waals surface area contributed by atoms with Crippen LogP contribution in [0.3, 0.4) is 0 Å². The highest BCUT2D eigenvalue weighted by Crippen LogP contribution is 2.29. The highest BCUT2D eigenvalue weighted by Gasteiger charge is 2.24. The minimum atomic E-state index is -2.86. The first kappa shape index (κ1) is 26.2. The molecule has 2 aromatic carbocycles. The molecule has 5 aromatic rings. The first-order valence-electron chi connectivity index (χ1n) is 11.8. The lowest BCUT2D eigenvalue weighted by Crippen LogP contribution is -2.14. The quantitative estimate of drug-likeness (QED) is 0.257. The molecule has 3 heterocycles. The van der Waals surface area contributed by atoms with E-state index in [1.807, 2.05) is 0 Å². The fourth-order valence-corrected chi connectivity index (χ4v) is 4.48. The van der Waals surface area contributed by atoms with Crippen molar-refractivity contribution in [3.05, 3.63) is 93.8 Å². The van der Waals surface area contributed by atoms with E-state index < -0.39 is 23.8 Å². The van der Waals surface area contributed by atoms with Crippen LogP contribution < -0.4 is 10.1 Å². The summed E-state index contributed by atoms with van der Waals surface area (Å²) in [5.74, 6) is -0.485. The van der Waals surface area contributed by atoms with E-state index in [0.29, 0.717) is 28.4 Å². The minimum Gasteiger partial charge on any atom is -0.497 e. The Balaban J connectivity index is 1.50. The molecule has 5 rings (SSSR count). The largest absolute Gasteiger partial charge is 0.497 e. The minimum absolute atomic E-state index is 0.00374. The van der Waals surface area contributed by atoms with Gasteiger partial charge in [0.15, 0.2) is 5.65 Å². The van der Waals surface area contributed by atoms with E-state index in [1.165, 1.54) is 36.2 Å². The lowest BCUT2D eigenvalue weighted by molar-refractivity contribution is 0.102. The van der Waals surface area contributed by atoms with Crippen LogP contribution in [0.4, 0.5) is 18.9 Å². The van der Waals surface area contributed by atoms with Crippen LogP contribution in [0.5, 0.6) is 5.75 Å². The van der Waals surface area contributed by atoms with Crippen LogP contribution in [0.1, 0.15) is 39.4 Å². The second-order valence-electron chi connectivity index (χ2n) is 8.75. The van der Waals surface area contributed by atoms with E-state index in [4.69, 9.17) is 16.3 Å². The van der Waals surface area contributed by atoms with Crippen LogP contribution in [0.15, 0.2) is 54.7 Å². The third-order valence-electron chi connectivity index (χ3n) is 6.34. The maximum atomic E-state index is 14.3. The number of ether oxygens (including phenoxy) is 1. The second kappa shape index (κ2) is 10.4. The molecule has 1 N–H and O–H groups in total. The molecule has 0 aliphatic rings. The Morgan fingerprint density at radius 2 is 1.90 bits per heavy atom. The second-order valence-corrected chi connectivity index (χ2v) is 9.15. The van der Waals surface area contributed by atoms with Crippen molar-refractivity contribution in [3.8, 4) is 17.0 Å². The first-order chi connectivity index (χ1) is 18.7. The number of amides is 1. The van der Waals surface area contributed by atoms with E-state index >= 15 is 0 Å². The summed E-state index contributed by atoms with van der Waals surface area (Å²) in [6.45, 7) is 3.46. The van der Waals surface area contributed by atoms with Gasteiger partial charge < -0.3 is 10.1 Å². The van der Waals surface area contributed by atoms with Gasteiger partial charge in [0.25, 0.3) is 12.3 Å². The van der Waals surface area contributed by atoms with E-state index in [1.54, 1.807) is 44.2 Å². The van der Waals surface area contributed by atoms with Gasteiger partial charge in [-0.15, -0.1) is 0 Å². The van der Waals surface area contributed by atoms with Crippen LogP contribution in [-0.4, -0.2) is 37.4 Å². The number of anilines is 1. The van der Waals surface area contributed by atoms with Crippen LogP contribution in [0, 0.1) is 19.7 Å². The van der Waals surface area contributed by atoms with Gasteiger partial charge in [-0.1, -0.05) is 17.7 Å². The van der Waals surface area contributed by atoms with Crippen molar-refractivity contribution in [3.63, 3.8) is 0 Å². The predicted octanol–water partition coefficient (Wildman–Crippen LogP) is 6.25. The standard InChI is InChI=1S/C27H22ClF3N6O2/c1-14-24(15(2)36(35-14)13-19-20(28)5-4-6-21(19)29)34-27(38)18-12-32-37-23(25(30)31)11-22(33-26(18)37)16-7-9-17(39-3)10-8-16/h4-12,25H,13H2,1-3H3,(H,34,38). The van der Waals surface area contributed by atoms with Gasteiger partial charge in [-0.25, -0.2) is 22.7 Å². The fourth-order valence-electron chi connectivity index (χ4n) is 4.26. The van der Waals surface area contributed by atoms with Gasteiger partial charge in [-0.3, -0.25) is 9.48 Å². The first-order valence-corrected chi connectivity index (χ1v) is 12.1. The molecule has 39 heavy (non-hydrogen) atoms. The zero-order chi connectivity index (χ0) is 27.8. The molecule has 3 aromatic heterocycles. The van der Waals surface area contributed by atoms with Crippen molar-refractivity contribution >= 4 is 28.8 Å². The highest BCUT2D eigenvalue weighted by atomic mass is 35.5. The molecular formula is C27H22ClF3N6O2. The van der Waals surface area contributed by atoms with E-state index in [9.17, 15) is 18.0 Å². The maximum Gasteiger partial charge on any atom is 0.280 e. The Labute approximate surface area is 226 Å². The third-order valence-corrected chi connectivity index (χ3v) is 6.70. The van der Waals surface area contributed by atoms with E-state index in [2.05, 4.69) is 20.5 Å². The summed E-state index contributed by atoms with van der Waals surface area (Å²) in [5.41, 5.74) is 2.05. The van der Waals surface area contributed by atoms with E-state index in [0.717, 1.165) is 4.52 Å². The molecule has 0 bridgehead atoms. The van der Waals surface area contributed by atoms with Gasteiger partial charge in [0.05, 0.1) is 42.6 Å². The lowest BCUT2D eigenvalue weighted by Gasteiger charge is -2.10. The van der Waals surface area contributed by atoms with Crippen LogP contribution in [-0.2, 0) is 6.54 Å². The molecule has 0 saturated heterocycles. The number of fused-ring (bicyclic) bond motifs is 1. The molecule has 0 unspecified atom stereocenters. The van der Waals surface area contributed by atoms with Crippen LogP contribution >= 0.6 is 11.6 Å². The summed E-state index contributed by atoms with van der Waals surface area (Å²) in [4.78, 5) is 17.8. The van der Waals surface area contributed by atoms with Crippen molar-refractivity contribution < 1.29 is 22.7 Å². The number of benzene rings is 2. The molecule has 0 aliphatic carbocycles. The van der Waals surface area contributed by atoms with Crippen molar-refractivity contribution in [1.82, 2.24) is 24.4 Å². The molecule has 8 nitrogen and oxygen atoms in total. The number of halogens is 4. The molecule has 0 atom stereocenters. The number of carbonyl (C=O) groups is 1. The topological polar surface area (TPSA) is 86.3 Å². The van der Waals surface area contributed by atoms with Gasteiger partial charge in [-0.2, -0.15) is 10.2 Å². The van der Waals surface area contributed by atoms with E-state index in [-0.39, 0.29) is 34.0 Å². The SMILES string of the molecule is COc1ccc(-c2cc(C(F)F)n3ncc(C(=O)Nc4c(C)nn(Cc5c(F)cccc5Cl)c4C)c3n2)cc1. The molecular weight excluding hydrogens is 533 g/mol. The summed E-state index contributed by atoms with van der Waals surface area (Å²) in [6.07, 6.45) is -1.67. The molecule has 200 valence electrons. The molecule has 0 fully saturated rings. The monoisotopic (exact) mass is 554 g/mol. The van der Waals surface area contributed by atoms with Gasteiger partial charge in [0, 0.05) is 16.1 Å². The zero-order valence-electron chi connectivity index (χ0n) is 21.0. The Bertz CT molecular complexity index is 1680. The average molecular weight is 555 g/mol. The van der Waals surface area contributed by atoms with Gasteiger partial charge in [0.1, 0.15) is 22.8 Å². The number of hydrogen-bond donors (Lipinski definition) is 1. The fraction of sp³-hybridized carbons (Fsp3) is 0.185. The molecule has 0 radical (unpaired) electrons. The van der Waals surface area contributed by atoms with Crippen molar-refractivity contribution in [2.45, 2.75) is 26.8 Å². The summed E-state index contributed by atoms with van der Waals surface area (Å²) in [5, 5.41) is 11.5. The number of alkyl halides is 2. The number of hydrogen-bond acceptors (Lipinski definition) is 5. The van der Waals surface area contributed by atoms with Crippen molar-refractivity contribution in [1.29, 1.82) is 0 Å². The Morgan fingerprint density at radius 1 is 1.15 bits per heavy atom. The van der Waals surface area contributed by atoms with Gasteiger partial charge in [0.2, 0.25) is 0 Å². The zero-order valence-corrected chi connectivity index (χ0v) is 21.8. The number of aryl methyl sites for hydroxylation is 1. The lowest BCUT2D eigenvalue weighted by atomic mass is 10.1. The molecule has 12 heteroatoms.